The molecule has 0 saturated heterocycles. The molecule has 2 unspecified atom stereocenters. The van der Waals surface area contributed by atoms with E-state index < -0.39 is 12.1 Å². The number of benzene rings is 1. The quantitative estimate of drug-likeness (QED) is 0.724. The molecule has 0 amide bonds. The Labute approximate surface area is 114 Å². The summed E-state index contributed by atoms with van der Waals surface area (Å²) >= 11 is 0. The summed E-state index contributed by atoms with van der Waals surface area (Å²) in [6.07, 6.45) is 3.17. The Balaban J connectivity index is 2.58. The molecule has 0 fully saturated rings. The zero-order valence-corrected chi connectivity index (χ0v) is 11.4. The van der Waals surface area contributed by atoms with Gasteiger partial charge in [-0.2, -0.15) is 0 Å². The van der Waals surface area contributed by atoms with Gasteiger partial charge in [-0.25, -0.2) is 0 Å². The van der Waals surface area contributed by atoms with Crippen LogP contribution in [0.4, 0.5) is 0 Å². The molecule has 103 valence electrons. The van der Waals surface area contributed by atoms with E-state index in [2.05, 4.69) is 5.32 Å². The minimum absolute atomic E-state index is 0.319. The van der Waals surface area contributed by atoms with E-state index >= 15 is 0 Å². The van der Waals surface area contributed by atoms with E-state index in [1.54, 1.807) is 13.8 Å². The number of esters is 1. The van der Waals surface area contributed by atoms with Crippen molar-refractivity contribution in [2.45, 2.75) is 38.8 Å². The summed E-state index contributed by atoms with van der Waals surface area (Å²) in [4.78, 5) is 22.4. The van der Waals surface area contributed by atoms with Gasteiger partial charge in [0.25, 0.3) is 0 Å². The molecule has 0 aliphatic carbocycles. The van der Waals surface area contributed by atoms with Gasteiger partial charge in [0.2, 0.25) is 6.29 Å². The highest BCUT2D eigenvalue weighted by molar-refractivity contribution is 5.76. The fraction of sp³-hybridized carbons (Fsp3) is 0.467. The van der Waals surface area contributed by atoms with E-state index in [-0.39, 0.29) is 5.97 Å². The number of ether oxygens (including phenoxy) is 1. The highest BCUT2D eigenvalue weighted by atomic mass is 16.5. The van der Waals surface area contributed by atoms with Crippen molar-refractivity contribution in [1.82, 2.24) is 5.32 Å². The zero-order chi connectivity index (χ0) is 14.1. The summed E-state index contributed by atoms with van der Waals surface area (Å²) in [7, 11) is 0. The van der Waals surface area contributed by atoms with Gasteiger partial charge in [-0.3, -0.25) is 14.9 Å². The van der Waals surface area contributed by atoms with Crippen LogP contribution in [0, 0.1) is 0 Å². The minimum Gasteiger partial charge on any atom is -0.465 e. The predicted octanol–water partition coefficient (Wildman–Crippen LogP) is 1.64. The third-order valence-corrected chi connectivity index (χ3v) is 2.76. The number of carbonyl (C=O) groups excluding carboxylic acids is 2. The standard InChI is InChI=1S/C15H20NO3/c1-3-19-15(18)14(16-12(2)11-17)10-9-13-7-5-4-6-8-13/h4-8,12,14,16H,3,9-10H2,1-2H3. The largest absolute Gasteiger partial charge is 0.465 e. The number of carbonyl (C=O) groups is 1. The molecule has 4 nitrogen and oxygen atoms in total. The zero-order valence-electron chi connectivity index (χ0n) is 11.4. The molecule has 0 aliphatic heterocycles. The normalized spacial score (nSPS) is 13.6. The second kappa shape index (κ2) is 8.43. The maximum absolute atomic E-state index is 11.8. The maximum Gasteiger partial charge on any atom is 0.323 e. The molecular formula is C15H20NO3. The molecule has 1 rings (SSSR count). The molecule has 1 N–H and O–H groups in total. The summed E-state index contributed by atoms with van der Waals surface area (Å²) < 4.78 is 5.01. The molecule has 0 spiro atoms. The Morgan fingerprint density at radius 3 is 2.63 bits per heavy atom. The Hall–Kier alpha value is -1.68. The topological polar surface area (TPSA) is 55.4 Å². The van der Waals surface area contributed by atoms with Crippen molar-refractivity contribution in [2.75, 3.05) is 6.61 Å². The Bertz CT molecular complexity index is 392. The highest BCUT2D eigenvalue weighted by Gasteiger charge is 2.21. The summed E-state index contributed by atoms with van der Waals surface area (Å²) in [5, 5.41) is 2.92. The van der Waals surface area contributed by atoms with Crippen molar-refractivity contribution in [1.29, 1.82) is 0 Å². The summed E-state index contributed by atoms with van der Waals surface area (Å²) in [5.74, 6) is -0.319. The number of rotatable bonds is 8. The Morgan fingerprint density at radius 1 is 1.37 bits per heavy atom. The lowest BCUT2D eigenvalue weighted by atomic mass is 10.0. The molecule has 0 saturated carbocycles. The molecule has 2 atom stereocenters. The van der Waals surface area contributed by atoms with Crippen molar-refractivity contribution in [3.63, 3.8) is 0 Å². The summed E-state index contributed by atoms with van der Waals surface area (Å²) in [6, 6.07) is 8.94. The number of hydrogen-bond donors (Lipinski definition) is 1. The van der Waals surface area contributed by atoms with Crippen LogP contribution in [0.2, 0.25) is 0 Å². The van der Waals surface area contributed by atoms with Crippen LogP contribution >= 0.6 is 0 Å². The molecule has 0 bridgehead atoms. The van der Waals surface area contributed by atoms with E-state index in [0.717, 1.165) is 12.0 Å². The lowest BCUT2D eigenvalue weighted by Gasteiger charge is -2.18. The van der Waals surface area contributed by atoms with Crippen LogP contribution in [0.1, 0.15) is 25.8 Å². The number of nitrogens with one attached hydrogen (secondary N) is 1. The monoisotopic (exact) mass is 262 g/mol. The van der Waals surface area contributed by atoms with Crippen molar-refractivity contribution in [2.24, 2.45) is 0 Å². The summed E-state index contributed by atoms with van der Waals surface area (Å²) in [6.45, 7) is 3.77. The van der Waals surface area contributed by atoms with Crippen LogP contribution < -0.4 is 5.32 Å². The van der Waals surface area contributed by atoms with Gasteiger partial charge in [-0.1, -0.05) is 30.3 Å². The number of hydrogen-bond acceptors (Lipinski definition) is 4. The predicted molar refractivity (Wildman–Crippen MR) is 73.5 cm³/mol. The molecule has 0 heterocycles. The van der Waals surface area contributed by atoms with E-state index in [9.17, 15) is 9.59 Å². The van der Waals surface area contributed by atoms with Crippen molar-refractivity contribution >= 4 is 12.3 Å². The van der Waals surface area contributed by atoms with Gasteiger partial charge >= 0.3 is 5.97 Å². The van der Waals surface area contributed by atoms with Gasteiger partial charge in [0.15, 0.2) is 0 Å². The molecule has 0 aliphatic rings. The Morgan fingerprint density at radius 2 is 2.05 bits per heavy atom. The Kier molecular flexibility index (Phi) is 6.82. The van der Waals surface area contributed by atoms with E-state index in [4.69, 9.17) is 4.74 Å². The van der Waals surface area contributed by atoms with Gasteiger partial charge in [-0.15, -0.1) is 0 Å². The smallest absolute Gasteiger partial charge is 0.323 e. The van der Waals surface area contributed by atoms with Crippen molar-refractivity contribution < 1.29 is 14.3 Å². The van der Waals surface area contributed by atoms with Gasteiger partial charge in [0, 0.05) is 0 Å². The maximum atomic E-state index is 11.8. The van der Waals surface area contributed by atoms with Crippen LogP contribution in [0.25, 0.3) is 0 Å². The van der Waals surface area contributed by atoms with Crippen LogP contribution in [0.5, 0.6) is 0 Å². The average molecular weight is 262 g/mol. The lowest BCUT2D eigenvalue weighted by Crippen LogP contribution is -2.44. The van der Waals surface area contributed by atoms with Crippen LogP contribution in [0.3, 0.4) is 0 Å². The molecule has 1 aromatic rings. The average Bonchev–Trinajstić information content (AvgIpc) is 2.44. The van der Waals surface area contributed by atoms with Gasteiger partial charge in [0.1, 0.15) is 6.04 Å². The van der Waals surface area contributed by atoms with Crippen LogP contribution in [0.15, 0.2) is 30.3 Å². The van der Waals surface area contributed by atoms with E-state index in [1.807, 2.05) is 36.6 Å². The van der Waals surface area contributed by atoms with Gasteiger partial charge < -0.3 is 4.74 Å². The highest BCUT2D eigenvalue weighted by Crippen LogP contribution is 2.07. The first-order valence-electron chi connectivity index (χ1n) is 6.51. The SMILES string of the molecule is CCOC(=O)C(CCc1ccccc1)NC(C)[C]=O. The third kappa shape index (κ3) is 5.66. The first-order valence-corrected chi connectivity index (χ1v) is 6.51. The van der Waals surface area contributed by atoms with E-state index in [1.165, 1.54) is 0 Å². The van der Waals surface area contributed by atoms with Crippen molar-refractivity contribution in [3.05, 3.63) is 35.9 Å². The van der Waals surface area contributed by atoms with Crippen LogP contribution in [-0.4, -0.2) is 30.9 Å². The fourth-order valence-corrected chi connectivity index (χ4v) is 1.80. The molecule has 4 heteroatoms. The number of aryl methyl sites for hydroxylation is 1. The molecule has 19 heavy (non-hydrogen) atoms. The second-order valence-electron chi connectivity index (χ2n) is 4.34. The molecule has 0 aromatic heterocycles. The van der Waals surface area contributed by atoms with Gasteiger partial charge in [-0.05, 0) is 32.3 Å². The van der Waals surface area contributed by atoms with Crippen molar-refractivity contribution in [3.8, 4) is 0 Å². The summed E-state index contributed by atoms with van der Waals surface area (Å²) in [5.41, 5.74) is 1.15. The lowest BCUT2D eigenvalue weighted by molar-refractivity contribution is -0.145. The van der Waals surface area contributed by atoms with E-state index in [0.29, 0.717) is 13.0 Å². The molecular weight excluding hydrogens is 242 g/mol. The molecule has 1 radical (unpaired) electrons. The third-order valence-electron chi connectivity index (χ3n) is 2.76. The first-order chi connectivity index (χ1) is 9.17. The fourth-order valence-electron chi connectivity index (χ4n) is 1.80. The minimum atomic E-state index is -0.481. The van der Waals surface area contributed by atoms with Gasteiger partial charge in [0.05, 0.1) is 12.6 Å². The second-order valence-corrected chi connectivity index (χ2v) is 4.34. The first kappa shape index (κ1) is 15.4. The molecule has 1 aromatic carbocycles. The van der Waals surface area contributed by atoms with Crippen LogP contribution in [-0.2, 0) is 20.7 Å².